The van der Waals surface area contributed by atoms with Gasteiger partial charge in [0.25, 0.3) is 0 Å². The molecule has 0 N–H and O–H groups in total. The minimum absolute atomic E-state index is 0.487. The third-order valence-corrected chi connectivity index (χ3v) is 5.41. The topological polar surface area (TPSA) is 38.7 Å². The van der Waals surface area contributed by atoms with Crippen molar-refractivity contribution in [1.29, 1.82) is 0 Å². The predicted octanol–water partition coefficient (Wildman–Crippen LogP) is 4.73. The molecule has 1 fully saturated rings. The average molecular weight is 296 g/mol. The molecule has 0 bridgehead atoms. The van der Waals surface area contributed by atoms with Crippen molar-refractivity contribution in [3.05, 3.63) is 16.0 Å². The number of hydrogen-bond acceptors (Lipinski definition) is 4. The molecule has 0 spiro atoms. The van der Waals surface area contributed by atoms with Gasteiger partial charge in [0, 0.05) is 5.92 Å². The normalized spacial score (nSPS) is 20.0. The molecule has 0 radical (unpaired) electrons. The highest BCUT2D eigenvalue weighted by molar-refractivity contribution is 7.18. The van der Waals surface area contributed by atoms with E-state index in [2.05, 4.69) is 28.8 Å². The van der Waals surface area contributed by atoms with Crippen LogP contribution in [0.25, 0.3) is 10.3 Å². The summed E-state index contributed by atoms with van der Waals surface area (Å²) in [4.78, 5) is 14.2. The predicted molar refractivity (Wildman–Crippen MR) is 79.9 cm³/mol. The summed E-state index contributed by atoms with van der Waals surface area (Å²) in [5.74, 6) is 1.29. The molecule has 0 atom stereocenters. The highest BCUT2D eigenvalue weighted by Crippen LogP contribution is 2.44. The van der Waals surface area contributed by atoms with Crippen molar-refractivity contribution in [3.8, 4) is 0 Å². The Hall–Kier alpha value is -0.740. The van der Waals surface area contributed by atoms with Gasteiger partial charge in [-0.15, -0.1) is 0 Å². The second-order valence-electron chi connectivity index (χ2n) is 6.21. The number of nitrogens with zero attached hydrogens (tertiary/aromatic N) is 3. The molecular weight excluding hydrogens is 278 g/mol. The van der Waals surface area contributed by atoms with Crippen LogP contribution >= 0.6 is 22.9 Å². The molecule has 3 rings (SSSR count). The second kappa shape index (κ2) is 4.67. The maximum absolute atomic E-state index is 6.15. The number of aromatic nitrogens is 3. The first-order valence-corrected chi connectivity index (χ1v) is 7.95. The van der Waals surface area contributed by atoms with Gasteiger partial charge in [-0.05, 0) is 38.0 Å². The molecular formula is C14H18ClN3S. The maximum Gasteiger partial charge on any atom is 0.159 e. The van der Waals surface area contributed by atoms with Crippen LogP contribution in [0.3, 0.4) is 0 Å². The minimum Gasteiger partial charge on any atom is -0.236 e. The van der Waals surface area contributed by atoms with E-state index in [1.165, 1.54) is 30.7 Å². The molecule has 2 aromatic heterocycles. The van der Waals surface area contributed by atoms with Gasteiger partial charge in [-0.2, -0.15) is 0 Å². The lowest BCUT2D eigenvalue weighted by Crippen LogP contribution is -2.20. The lowest BCUT2D eigenvalue weighted by atomic mass is 9.73. The maximum atomic E-state index is 6.15. The van der Waals surface area contributed by atoms with Crippen molar-refractivity contribution >= 4 is 33.3 Å². The first kappa shape index (κ1) is 13.3. The van der Waals surface area contributed by atoms with Crippen molar-refractivity contribution in [2.45, 2.75) is 52.4 Å². The van der Waals surface area contributed by atoms with Gasteiger partial charge >= 0.3 is 0 Å². The van der Waals surface area contributed by atoms with Crippen LogP contribution in [-0.4, -0.2) is 15.0 Å². The summed E-state index contributed by atoms with van der Waals surface area (Å²) in [6, 6.07) is 0. The van der Waals surface area contributed by atoms with E-state index in [9.17, 15) is 0 Å². The molecule has 19 heavy (non-hydrogen) atoms. The van der Waals surface area contributed by atoms with Crippen LogP contribution in [0.5, 0.6) is 0 Å². The summed E-state index contributed by atoms with van der Waals surface area (Å²) in [6.07, 6.45) is 4.98. The van der Waals surface area contributed by atoms with Crippen molar-refractivity contribution in [3.63, 3.8) is 0 Å². The Kier molecular flexibility index (Phi) is 3.26. The van der Waals surface area contributed by atoms with E-state index < -0.39 is 0 Å². The second-order valence-corrected chi connectivity index (χ2v) is 7.57. The SMILES string of the molecule is Cc1nc(Cl)c2nc(C3CCC(C)(C)CC3)sc2n1. The van der Waals surface area contributed by atoms with Crippen LogP contribution in [0.2, 0.25) is 5.15 Å². The van der Waals surface area contributed by atoms with Gasteiger partial charge in [0.2, 0.25) is 0 Å². The molecule has 2 heterocycles. The number of thiazole rings is 1. The third-order valence-electron chi connectivity index (χ3n) is 4.03. The molecule has 0 aliphatic heterocycles. The zero-order valence-corrected chi connectivity index (χ0v) is 13.1. The highest BCUT2D eigenvalue weighted by atomic mass is 35.5. The van der Waals surface area contributed by atoms with Gasteiger partial charge in [0.15, 0.2) is 5.15 Å². The average Bonchev–Trinajstić information content (AvgIpc) is 2.72. The van der Waals surface area contributed by atoms with Crippen molar-refractivity contribution in [1.82, 2.24) is 15.0 Å². The van der Waals surface area contributed by atoms with Gasteiger partial charge in [0.1, 0.15) is 16.2 Å². The molecule has 0 saturated heterocycles. The Labute approximate surface area is 122 Å². The quantitative estimate of drug-likeness (QED) is 0.714. The van der Waals surface area contributed by atoms with Crippen LogP contribution in [-0.2, 0) is 0 Å². The zero-order valence-electron chi connectivity index (χ0n) is 11.5. The van der Waals surface area contributed by atoms with Gasteiger partial charge in [-0.1, -0.05) is 36.8 Å². The van der Waals surface area contributed by atoms with Crippen LogP contribution in [0.1, 0.15) is 56.3 Å². The Balaban J connectivity index is 1.92. The van der Waals surface area contributed by atoms with E-state index in [-0.39, 0.29) is 0 Å². The number of aryl methyl sites for hydroxylation is 1. The molecule has 0 unspecified atom stereocenters. The fourth-order valence-corrected chi connectivity index (χ4v) is 4.19. The molecule has 1 saturated carbocycles. The Morgan fingerprint density at radius 1 is 1.16 bits per heavy atom. The summed E-state index contributed by atoms with van der Waals surface area (Å²) in [5, 5.41) is 1.67. The molecule has 1 aliphatic carbocycles. The van der Waals surface area contributed by atoms with Crippen molar-refractivity contribution in [2.75, 3.05) is 0 Å². The van der Waals surface area contributed by atoms with Gasteiger partial charge in [-0.25, -0.2) is 15.0 Å². The monoisotopic (exact) mass is 295 g/mol. The third kappa shape index (κ3) is 2.61. The van der Waals surface area contributed by atoms with Gasteiger partial charge in [0.05, 0.1) is 5.01 Å². The number of hydrogen-bond donors (Lipinski definition) is 0. The standard InChI is InChI=1S/C14H18ClN3S/c1-8-16-11(15)10-13(17-8)19-12(18-10)9-4-6-14(2,3)7-5-9/h9H,4-7H2,1-3H3. The van der Waals surface area contributed by atoms with E-state index in [4.69, 9.17) is 11.6 Å². The number of fused-ring (bicyclic) bond motifs is 1. The molecule has 5 heteroatoms. The molecule has 2 aromatic rings. The smallest absolute Gasteiger partial charge is 0.159 e. The molecule has 102 valence electrons. The van der Waals surface area contributed by atoms with Crippen LogP contribution in [0, 0.1) is 12.3 Å². The summed E-state index contributed by atoms with van der Waals surface area (Å²) >= 11 is 7.84. The largest absolute Gasteiger partial charge is 0.236 e. The highest BCUT2D eigenvalue weighted by Gasteiger charge is 2.29. The van der Waals surface area contributed by atoms with Gasteiger partial charge in [-0.3, -0.25) is 0 Å². The number of rotatable bonds is 1. The summed E-state index contributed by atoms with van der Waals surface area (Å²) in [6.45, 7) is 6.58. The van der Waals surface area contributed by atoms with E-state index in [0.29, 0.717) is 16.5 Å². The molecule has 0 aromatic carbocycles. The lowest BCUT2D eigenvalue weighted by molar-refractivity contribution is 0.224. The minimum atomic E-state index is 0.487. The van der Waals surface area contributed by atoms with Crippen LogP contribution in [0.4, 0.5) is 0 Å². The first-order chi connectivity index (χ1) is 8.94. The lowest BCUT2D eigenvalue weighted by Gasteiger charge is -2.33. The molecule has 0 amide bonds. The summed E-state index contributed by atoms with van der Waals surface area (Å²) < 4.78 is 0. The molecule has 1 aliphatic rings. The Morgan fingerprint density at radius 3 is 2.53 bits per heavy atom. The van der Waals surface area contributed by atoms with Crippen molar-refractivity contribution in [2.24, 2.45) is 5.41 Å². The van der Waals surface area contributed by atoms with E-state index in [1.54, 1.807) is 11.3 Å². The van der Waals surface area contributed by atoms with Crippen molar-refractivity contribution < 1.29 is 0 Å². The first-order valence-electron chi connectivity index (χ1n) is 6.75. The zero-order chi connectivity index (χ0) is 13.6. The Morgan fingerprint density at radius 2 is 1.84 bits per heavy atom. The van der Waals surface area contributed by atoms with E-state index in [1.807, 2.05) is 6.92 Å². The van der Waals surface area contributed by atoms with Crippen LogP contribution in [0.15, 0.2) is 0 Å². The molecule has 3 nitrogen and oxygen atoms in total. The summed E-state index contributed by atoms with van der Waals surface area (Å²) in [5.41, 5.74) is 1.26. The fraction of sp³-hybridized carbons (Fsp3) is 0.643. The fourth-order valence-electron chi connectivity index (χ4n) is 2.73. The number of halogens is 1. The van der Waals surface area contributed by atoms with E-state index in [0.717, 1.165) is 16.2 Å². The van der Waals surface area contributed by atoms with E-state index >= 15 is 0 Å². The summed E-state index contributed by atoms with van der Waals surface area (Å²) in [7, 11) is 0. The Bertz CT molecular complexity index is 610. The van der Waals surface area contributed by atoms with Gasteiger partial charge < -0.3 is 0 Å². The van der Waals surface area contributed by atoms with Crippen LogP contribution < -0.4 is 0 Å².